The maximum absolute atomic E-state index is 13.3. The number of benzene rings is 2. The molecule has 0 spiro atoms. The third-order valence-electron chi connectivity index (χ3n) is 5.14. The van der Waals surface area contributed by atoms with E-state index < -0.39 is 28.5 Å². The summed E-state index contributed by atoms with van der Waals surface area (Å²) in [6.45, 7) is -0.750. The quantitative estimate of drug-likeness (QED) is 0.421. The van der Waals surface area contributed by atoms with Crippen molar-refractivity contribution >= 4 is 17.1 Å². The largest absolute Gasteiger partial charge is 0.623 e. The standard InChI is InChI=1S/C20H15N5O4/c26-18-16-17(22-11-21-16)24(14-7-2-1-3-8-14)20(28)23(18)12-25(29)10-13-6-4-5-9-15(13)19(25)27/h1-9,11H,10,12H2,(H,21,22). The number of hydrogen-bond donors (Lipinski definition) is 1. The lowest BCUT2D eigenvalue weighted by Gasteiger charge is -2.35. The summed E-state index contributed by atoms with van der Waals surface area (Å²) in [5.41, 5.74) is 0.259. The lowest BCUT2D eigenvalue weighted by atomic mass is 10.1. The Morgan fingerprint density at radius 2 is 1.76 bits per heavy atom. The molecule has 9 nitrogen and oxygen atoms in total. The predicted octanol–water partition coefficient (Wildman–Crippen LogP) is 1.50. The Bertz CT molecular complexity index is 1390. The summed E-state index contributed by atoms with van der Waals surface area (Å²) >= 11 is 0. The number of carbonyl (C=O) groups is 1. The lowest BCUT2D eigenvalue weighted by molar-refractivity contribution is -0.831. The molecule has 3 heterocycles. The maximum atomic E-state index is 13.3. The van der Waals surface area contributed by atoms with Crippen molar-refractivity contribution in [1.29, 1.82) is 0 Å². The van der Waals surface area contributed by atoms with E-state index in [0.29, 0.717) is 16.8 Å². The van der Waals surface area contributed by atoms with Crippen LogP contribution < -0.4 is 11.2 Å². The second-order valence-electron chi connectivity index (χ2n) is 6.94. The zero-order valence-corrected chi connectivity index (χ0v) is 15.1. The number of aromatic amines is 1. The van der Waals surface area contributed by atoms with Crippen LogP contribution in [0.3, 0.4) is 0 Å². The van der Waals surface area contributed by atoms with Crippen LogP contribution in [0, 0.1) is 5.21 Å². The van der Waals surface area contributed by atoms with Crippen LogP contribution in [0.15, 0.2) is 70.5 Å². The van der Waals surface area contributed by atoms with E-state index >= 15 is 0 Å². The van der Waals surface area contributed by atoms with Gasteiger partial charge in [0.15, 0.2) is 12.3 Å². The molecule has 1 amide bonds. The summed E-state index contributed by atoms with van der Waals surface area (Å²) < 4.78 is 0.736. The zero-order chi connectivity index (χ0) is 20.2. The zero-order valence-electron chi connectivity index (χ0n) is 15.1. The number of nitrogens with one attached hydrogen (secondary N) is 1. The average Bonchev–Trinajstić information content (AvgIpc) is 3.30. The summed E-state index contributed by atoms with van der Waals surface area (Å²) in [4.78, 5) is 45.7. The number of hydrogen-bond acceptors (Lipinski definition) is 5. The topological polar surface area (TPSA) is 113 Å². The second-order valence-corrected chi connectivity index (χ2v) is 6.94. The van der Waals surface area contributed by atoms with E-state index in [1.807, 2.05) is 0 Å². The molecule has 1 atom stereocenters. The minimum atomic E-state index is -1.33. The van der Waals surface area contributed by atoms with E-state index in [4.69, 9.17) is 0 Å². The van der Waals surface area contributed by atoms with Crippen molar-refractivity contribution < 1.29 is 9.44 Å². The highest BCUT2D eigenvalue weighted by Crippen LogP contribution is 2.29. The normalized spacial score (nSPS) is 18.3. The first-order valence-electron chi connectivity index (χ1n) is 8.95. The highest BCUT2D eigenvalue weighted by atomic mass is 16.6. The number of imidazole rings is 1. The Labute approximate surface area is 163 Å². The highest BCUT2D eigenvalue weighted by Gasteiger charge is 2.39. The molecule has 1 aliphatic rings. The van der Waals surface area contributed by atoms with Gasteiger partial charge in [-0.15, -0.1) is 0 Å². The molecule has 1 unspecified atom stereocenters. The third-order valence-corrected chi connectivity index (χ3v) is 5.14. The monoisotopic (exact) mass is 389 g/mol. The summed E-state index contributed by atoms with van der Waals surface area (Å²) in [6, 6.07) is 15.4. The van der Waals surface area contributed by atoms with Crippen molar-refractivity contribution in [1.82, 2.24) is 19.1 Å². The van der Waals surface area contributed by atoms with E-state index in [2.05, 4.69) is 9.97 Å². The molecule has 1 aliphatic heterocycles. The molecule has 2 aromatic carbocycles. The van der Waals surface area contributed by atoms with Gasteiger partial charge in [0.25, 0.3) is 5.56 Å². The van der Waals surface area contributed by atoms with Crippen LogP contribution in [0.25, 0.3) is 16.9 Å². The molecule has 29 heavy (non-hydrogen) atoms. The summed E-state index contributed by atoms with van der Waals surface area (Å²) in [6.07, 6.45) is 1.31. The number of carbonyl (C=O) groups excluding carboxylic acids is 1. The number of hydroxylamine groups is 3. The van der Waals surface area contributed by atoms with Gasteiger partial charge in [-0.05, 0) is 18.2 Å². The van der Waals surface area contributed by atoms with Crippen LogP contribution >= 0.6 is 0 Å². The van der Waals surface area contributed by atoms with Gasteiger partial charge in [-0.1, -0.05) is 36.4 Å². The summed E-state index contributed by atoms with van der Waals surface area (Å²) in [5.74, 6) is -0.664. The van der Waals surface area contributed by atoms with E-state index in [9.17, 15) is 19.6 Å². The molecule has 9 heteroatoms. The number of para-hydroxylation sites is 1. The molecular formula is C20H15N5O4. The van der Waals surface area contributed by atoms with Crippen molar-refractivity contribution in [3.63, 3.8) is 0 Å². The first-order chi connectivity index (χ1) is 14.0. The molecule has 5 rings (SSSR count). The molecule has 0 fully saturated rings. The maximum Gasteiger partial charge on any atom is 0.348 e. The predicted molar refractivity (Wildman–Crippen MR) is 104 cm³/mol. The van der Waals surface area contributed by atoms with Gasteiger partial charge in [0.05, 0.1) is 17.6 Å². The Morgan fingerprint density at radius 3 is 2.52 bits per heavy atom. The molecule has 2 aromatic heterocycles. The van der Waals surface area contributed by atoms with Crippen molar-refractivity contribution in [2.45, 2.75) is 13.2 Å². The van der Waals surface area contributed by atoms with Crippen LogP contribution in [0.1, 0.15) is 15.9 Å². The second kappa shape index (κ2) is 6.09. The Morgan fingerprint density at radius 1 is 1.03 bits per heavy atom. The Hall–Kier alpha value is -3.82. The van der Waals surface area contributed by atoms with Gasteiger partial charge in [-0.2, -0.15) is 0 Å². The molecule has 0 radical (unpaired) electrons. The number of nitrogens with zero attached hydrogens (tertiary/aromatic N) is 4. The number of fused-ring (bicyclic) bond motifs is 2. The van der Waals surface area contributed by atoms with Crippen molar-refractivity contribution in [2.24, 2.45) is 0 Å². The van der Waals surface area contributed by atoms with Crippen molar-refractivity contribution in [2.75, 3.05) is 0 Å². The Balaban J connectivity index is 1.70. The average molecular weight is 389 g/mol. The fraction of sp³-hybridized carbons (Fsp3) is 0.100. The van der Waals surface area contributed by atoms with Crippen LogP contribution in [-0.2, 0) is 13.2 Å². The molecule has 144 valence electrons. The molecule has 0 saturated heterocycles. The van der Waals surface area contributed by atoms with Crippen LogP contribution in [0.4, 0.5) is 0 Å². The molecule has 0 aliphatic carbocycles. The summed E-state index contributed by atoms with van der Waals surface area (Å²) in [5, 5.41) is 13.3. The van der Waals surface area contributed by atoms with Gasteiger partial charge >= 0.3 is 11.6 Å². The van der Waals surface area contributed by atoms with Gasteiger partial charge in [-0.3, -0.25) is 9.44 Å². The number of rotatable bonds is 3. The molecule has 1 N–H and O–H groups in total. The van der Waals surface area contributed by atoms with E-state index in [1.54, 1.807) is 54.6 Å². The minimum Gasteiger partial charge on any atom is -0.623 e. The van der Waals surface area contributed by atoms with E-state index in [0.717, 1.165) is 4.57 Å². The molecule has 4 aromatic rings. The first-order valence-corrected chi connectivity index (χ1v) is 8.95. The van der Waals surface area contributed by atoms with Crippen LogP contribution in [-0.4, -0.2) is 29.7 Å². The first kappa shape index (κ1) is 17.3. The van der Waals surface area contributed by atoms with E-state index in [1.165, 1.54) is 10.9 Å². The SMILES string of the molecule is O=C1c2ccccc2C[N+]1([O-])Cn1c(=O)c2[nH]cnc2n(-c2ccccc2)c1=O. The van der Waals surface area contributed by atoms with Gasteiger partial charge in [0, 0.05) is 5.56 Å². The molecule has 0 bridgehead atoms. The fourth-order valence-corrected chi connectivity index (χ4v) is 3.76. The van der Waals surface area contributed by atoms with Gasteiger partial charge in [0.1, 0.15) is 12.1 Å². The smallest absolute Gasteiger partial charge is 0.348 e. The minimum absolute atomic E-state index is 0.0872. The third kappa shape index (κ3) is 2.49. The van der Waals surface area contributed by atoms with E-state index in [-0.39, 0.29) is 17.7 Å². The Kier molecular flexibility index (Phi) is 3.63. The number of H-pyrrole nitrogens is 1. The number of quaternary nitrogens is 1. The summed E-state index contributed by atoms with van der Waals surface area (Å²) in [7, 11) is 0. The fourth-order valence-electron chi connectivity index (χ4n) is 3.76. The molecular weight excluding hydrogens is 374 g/mol. The van der Waals surface area contributed by atoms with Crippen molar-refractivity contribution in [3.8, 4) is 5.69 Å². The molecule has 0 saturated carbocycles. The van der Waals surface area contributed by atoms with Gasteiger partial charge in [0.2, 0.25) is 0 Å². The lowest BCUT2D eigenvalue weighted by Crippen LogP contribution is -2.51. The number of amides is 1. The van der Waals surface area contributed by atoms with Crippen LogP contribution in [0.5, 0.6) is 0 Å². The number of aromatic nitrogens is 4. The highest BCUT2D eigenvalue weighted by molar-refractivity contribution is 5.92. The van der Waals surface area contributed by atoms with Crippen molar-refractivity contribution in [3.05, 3.63) is 98.1 Å². The van der Waals surface area contributed by atoms with Crippen LogP contribution in [0.2, 0.25) is 0 Å². The van der Waals surface area contributed by atoms with Gasteiger partial charge < -0.3 is 10.2 Å². The van der Waals surface area contributed by atoms with Gasteiger partial charge in [-0.25, -0.2) is 23.7 Å².